The van der Waals surface area contributed by atoms with Gasteiger partial charge in [0.05, 0.1) is 28.7 Å². The number of fused-ring (bicyclic) bond motifs is 3. The first kappa shape index (κ1) is 17.0. The van der Waals surface area contributed by atoms with E-state index in [1.54, 1.807) is 0 Å². The molecule has 0 N–H and O–H groups in total. The van der Waals surface area contributed by atoms with Gasteiger partial charge < -0.3 is 4.57 Å². The number of benzene rings is 3. The maximum absolute atomic E-state index is 10.5. The maximum Gasteiger partial charge on any atom is 0.156 e. The molecule has 0 amide bonds. The van der Waals surface area contributed by atoms with E-state index in [-0.39, 0.29) is 0 Å². The lowest BCUT2D eigenvalue weighted by Gasteiger charge is -2.31. The molecular formula is C26H17N3. The van der Waals surface area contributed by atoms with Crippen LogP contribution in [0.25, 0.3) is 27.4 Å². The standard InChI is InChI=1S/C26H17N3/c27-17-19-14-21(20-8-2-1-3-9-20)16-26(15-19,18-28)29-24-12-6-4-10-22(24)23-11-5-7-13-25(23)29/h1-15H,16H2. The van der Waals surface area contributed by atoms with Crippen molar-refractivity contribution in [1.29, 1.82) is 10.5 Å². The summed E-state index contributed by atoms with van der Waals surface area (Å²) in [6, 6.07) is 31.1. The molecular weight excluding hydrogens is 354 g/mol. The van der Waals surface area contributed by atoms with Gasteiger partial charge in [0.1, 0.15) is 0 Å². The Hall–Kier alpha value is -4.08. The summed E-state index contributed by atoms with van der Waals surface area (Å²) in [6.07, 6.45) is 4.22. The highest BCUT2D eigenvalue weighted by Gasteiger charge is 2.37. The molecule has 1 aliphatic rings. The quantitative estimate of drug-likeness (QED) is 0.437. The number of para-hydroxylation sites is 2. The topological polar surface area (TPSA) is 52.5 Å². The zero-order chi connectivity index (χ0) is 19.8. The summed E-state index contributed by atoms with van der Waals surface area (Å²) in [6.45, 7) is 0. The van der Waals surface area contributed by atoms with Gasteiger partial charge in [-0.05, 0) is 35.4 Å². The molecule has 0 saturated heterocycles. The van der Waals surface area contributed by atoms with Gasteiger partial charge in [-0.2, -0.15) is 10.5 Å². The molecule has 0 fully saturated rings. The molecule has 0 saturated carbocycles. The van der Waals surface area contributed by atoms with Crippen molar-refractivity contribution < 1.29 is 0 Å². The summed E-state index contributed by atoms with van der Waals surface area (Å²) in [7, 11) is 0. The minimum absolute atomic E-state index is 0.501. The second-order valence-corrected chi connectivity index (χ2v) is 7.33. The van der Waals surface area contributed by atoms with E-state index in [4.69, 9.17) is 0 Å². The van der Waals surface area contributed by atoms with E-state index in [2.05, 4.69) is 41.0 Å². The van der Waals surface area contributed by atoms with Crippen molar-refractivity contribution >= 4 is 27.4 Å². The van der Waals surface area contributed by atoms with Crippen LogP contribution < -0.4 is 0 Å². The Bertz CT molecular complexity index is 1340. The number of aromatic nitrogens is 1. The second-order valence-electron chi connectivity index (χ2n) is 7.33. The van der Waals surface area contributed by atoms with Crippen molar-refractivity contribution in [2.24, 2.45) is 0 Å². The van der Waals surface area contributed by atoms with Crippen molar-refractivity contribution in [3.8, 4) is 12.1 Å². The maximum atomic E-state index is 10.5. The lowest BCUT2D eigenvalue weighted by Crippen LogP contribution is -2.32. The van der Waals surface area contributed by atoms with E-state index in [9.17, 15) is 10.5 Å². The van der Waals surface area contributed by atoms with E-state index >= 15 is 0 Å². The summed E-state index contributed by atoms with van der Waals surface area (Å²) in [5.41, 5.74) is 3.56. The summed E-state index contributed by atoms with van der Waals surface area (Å²) >= 11 is 0. The third-order valence-electron chi connectivity index (χ3n) is 5.63. The van der Waals surface area contributed by atoms with Crippen LogP contribution in [-0.4, -0.2) is 4.57 Å². The minimum Gasteiger partial charge on any atom is -0.317 e. The Kier molecular flexibility index (Phi) is 3.83. The lowest BCUT2D eigenvalue weighted by molar-refractivity contribution is 0.517. The molecule has 3 heteroatoms. The third kappa shape index (κ3) is 2.57. The number of allylic oxidation sites excluding steroid dienone is 4. The van der Waals surface area contributed by atoms with Crippen LogP contribution in [0.1, 0.15) is 12.0 Å². The number of hydrogen-bond donors (Lipinski definition) is 0. The molecule has 136 valence electrons. The molecule has 0 spiro atoms. The molecule has 0 aliphatic heterocycles. The van der Waals surface area contributed by atoms with Crippen LogP contribution in [0.3, 0.4) is 0 Å². The molecule has 29 heavy (non-hydrogen) atoms. The second kappa shape index (κ2) is 6.51. The zero-order valence-corrected chi connectivity index (χ0v) is 15.7. The van der Waals surface area contributed by atoms with Gasteiger partial charge in [0.25, 0.3) is 0 Å². The fraction of sp³-hybridized carbons (Fsp3) is 0.0769. The molecule has 1 unspecified atom stereocenters. The molecule has 5 rings (SSSR count). The van der Waals surface area contributed by atoms with Crippen molar-refractivity contribution in [3.05, 3.63) is 102 Å². The van der Waals surface area contributed by atoms with E-state index < -0.39 is 5.54 Å². The van der Waals surface area contributed by atoms with Crippen LogP contribution in [0.15, 0.2) is 96.6 Å². The molecule has 0 bridgehead atoms. The average molecular weight is 371 g/mol. The average Bonchev–Trinajstić information content (AvgIpc) is 3.14. The number of nitrogens with zero attached hydrogens (tertiary/aromatic N) is 3. The van der Waals surface area contributed by atoms with Crippen molar-refractivity contribution in [1.82, 2.24) is 4.57 Å². The molecule has 1 aromatic heterocycles. The Morgan fingerprint density at radius 1 is 0.759 bits per heavy atom. The predicted molar refractivity (Wildman–Crippen MR) is 116 cm³/mol. The molecule has 0 radical (unpaired) electrons. The van der Waals surface area contributed by atoms with Gasteiger partial charge in [-0.3, -0.25) is 0 Å². The Balaban J connectivity index is 1.83. The van der Waals surface area contributed by atoms with Crippen LogP contribution >= 0.6 is 0 Å². The first-order valence-corrected chi connectivity index (χ1v) is 9.55. The third-order valence-corrected chi connectivity index (χ3v) is 5.63. The normalized spacial score (nSPS) is 18.7. The van der Waals surface area contributed by atoms with Crippen LogP contribution in [0.2, 0.25) is 0 Å². The largest absolute Gasteiger partial charge is 0.317 e. The van der Waals surface area contributed by atoms with Gasteiger partial charge in [-0.15, -0.1) is 0 Å². The Labute approximate surface area is 169 Å². The van der Waals surface area contributed by atoms with Gasteiger partial charge >= 0.3 is 0 Å². The van der Waals surface area contributed by atoms with Gasteiger partial charge in [0, 0.05) is 17.2 Å². The van der Waals surface area contributed by atoms with E-state index in [0.29, 0.717) is 12.0 Å². The first-order valence-electron chi connectivity index (χ1n) is 9.55. The molecule has 4 aromatic rings. The smallest absolute Gasteiger partial charge is 0.156 e. The van der Waals surface area contributed by atoms with E-state index in [0.717, 1.165) is 32.9 Å². The fourth-order valence-corrected chi connectivity index (χ4v) is 4.40. The summed E-state index contributed by atoms with van der Waals surface area (Å²) in [4.78, 5) is 0. The van der Waals surface area contributed by atoms with Crippen molar-refractivity contribution in [3.63, 3.8) is 0 Å². The molecule has 1 aliphatic carbocycles. The van der Waals surface area contributed by atoms with Crippen LogP contribution in [0.5, 0.6) is 0 Å². The highest BCUT2D eigenvalue weighted by molar-refractivity contribution is 6.08. The van der Waals surface area contributed by atoms with E-state index in [1.807, 2.05) is 66.7 Å². The predicted octanol–water partition coefficient (Wildman–Crippen LogP) is 5.95. The van der Waals surface area contributed by atoms with Gasteiger partial charge in [-0.25, -0.2) is 0 Å². The summed E-state index contributed by atoms with van der Waals surface area (Å²) in [5.74, 6) is 0. The van der Waals surface area contributed by atoms with E-state index in [1.165, 1.54) is 0 Å². The first-order chi connectivity index (χ1) is 14.3. The summed E-state index contributed by atoms with van der Waals surface area (Å²) < 4.78 is 2.10. The lowest BCUT2D eigenvalue weighted by atomic mass is 9.81. The number of rotatable bonds is 2. The van der Waals surface area contributed by atoms with Crippen molar-refractivity contribution in [2.75, 3.05) is 0 Å². The zero-order valence-electron chi connectivity index (χ0n) is 15.7. The number of nitriles is 2. The van der Waals surface area contributed by atoms with Gasteiger partial charge in [-0.1, -0.05) is 66.7 Å². The summed E-state index contributed by atoms with van der Waals surface area (Å²) in [5, 5.41) is 22.4. The minimum atomic E-state index is -0.978. The highest BCUT2D eigenvalue weighted by Crippen LogP contribution is 2.42. The molecule has 3 aromatic carbocycles. The van der Waals surface area contributed by atoms with Crippen molar-refractivity contribution in [2.45, 2.75) is 12.0 Å². The fourth-order valence-electron chi connectivity index (χ4n) is 4.40. The Morgan fingerprint density at radius 2 is 1.34 bits per heavy atom. The Morgan fingerprint density at radius 3 is 1.93 bits per heavy atom. The van der Waals surface area contributed by atoms with Crippen LogP contribution in [0.4, 0.5) is 0 Å². The molecule has 3 nitrogen and oxygen atoms in total. The van der Waals surface area contributed by atoms with Crippen LogP contribution in [0, 0.1) is 22.7 Å². The SMILES string of the molecule is N#CC1=CC(C#N)(n2c3ccccc3c3ccccc32)CC(c2ccccc2)=C1. The highest BCUT2D eigenvalue weighted by atomic mass is 15.1. The number of hydrogen-bond acceptors (Lipinski definition) is 2. The van der Waals surface area contributed by atoms with Crippen LogP contribution in [-0.2, 0) is 5.54 Å². The van der Waals surface area contributed by atoms with Gasteiger partial charge in [0.2, 0.25) is 0 Å². The monoisotopic (exact) mass is 371 g/mol. The van der Waals surface area contributed by atoms with Gasteiger partial charge in [0.15, 0.2) is 5.54 Å². The molecule has 1 heterocycles. The molecule has 1 atom stereocenters.